The number of aryl methyl sites for hydroxylation is 1. The Morgan fingerprint density at radius 3 is 2.63 bits per heavy atom. The Balaban J connectivity index is 1.97. The number of carboxylic acid groups (broad SMARTS) is 1. The van der Waals surface area contributed by atoms with Crippen LogP contribution < -0.4 is 5.32 Å². The molecule has 0 aliphatic carbocycles. The minimum absolute atomic E-state index is 0.0117. The summed E-state index contributed by atoms with van der Waals surface area (Å²) in [6.07, 6.45) is 3.34. The molecule has 0 aliphatic heterocycles. The molecule has 2 N–H and O–H groups in total. The average Bonchev–Trinajstić information content (AvgIpc) is 3.19. The van der Waals surface area contributed by atoms with E-state index >= 15 is 0 Å². The fourth-order valence-corrected chi connectivity index (χ4v) is 3.46. The van der Waals surface area contributed by atoms with Crippen molar-refractivity contribution in [2.45, 2.75) is 26.2 Å². The van der Waals surface area contributed by atoms with Gasteiger partial charge in [0, 0.05) is 27.9 Å². The van der Waals surface area contributed by atoms with Gasteiger partial charge in [-0.1, -0.05) is 25.1 Å². The fourth-order valence-electron chi connectivity index (χ4n) is 2.82. The predicted molar refractivity (Wildman–Crippen MR) is 110 cm³/mol. The van der Waals surface area contributed by atoms with Gasteiger partial charge in [-0.3, -0.25) is 4.79 Å². The van der Waals surface area contributed by atoms with Crippen molar-refractivity contribution in [3.8, 4) is 11.4 Å². The molecule has 138 valence electrons. The lowest BCUT2D eigenvalue weighted by atomic mass is 10.1. The van der Waals surface area contributed by atoms with E-state index in [2.05, 4.69) is 18.8 Å². The van der Waals surface area contributed by atoms with Crippen molar-refractivity contribution in [3.63, 3.8) is 0 Å². The van der Waals surface area contributed by atoms with Gasteiger partial charge in [-0.2, -0.15) is 11.3 Å². The number of carbonyl (C=O) groups is 1. The number of anilines is 2. The van der Waals surface area contributed by atoms with Crippen LogP contribution in [0.5, 0.6) is 0 Å². The molecule has 5 nitrogen and oxygen atoms in total. The van der Waals surface area contributed by atoms with Crippen molar-refractivity contribution in [2.24, 2.45) is 0 Å². The summed E-state index contributed by atoms with van der Waals surface area (Å²) in [5.74, 6) is 0.618. The van der Waals surface area contributed by atoms with Gasteiger partial charge in [0.15, 0.2) is 5.82 Å². The van der Waals surface area contributed by atoms with Gasteiger partial charge < -0.3 is 10.4 Å². The predicted octanol–water partition coefficient (Wildman–Crippen LogP) is 4.87. The van der Waals surface area contributed by atoms with Crippen LogP contribution in [0, 0.1) is 0 Å². The Kier molecular flexibility index (Phi) is 5.98. The molecule has 3 aromatic rings. The fraction of sp³-hybridized carbons (Fsp3) is 0.190. The van der Waals surface area contributed by atoms with E-state index in [0.717, 1.165) is 40.3 Å². The summed E-state index contributed by atoms with van der Waals surface area (Å²) in [6, 6.07) is 9.37. The molecule has 0 saturated heterocycles. The number of nitrogens with one attached hydrogen (secondary N) is 1. The molecule has 2 heterocycles. The minimum atomic E-state index is -0.840. The first kappa shape index (κ1) is 18.8. The number of benzene rings is 1. The number of aliphatic carboxylic acids is 1. The third kappa shape index (κ3) is 4.60. The van der Waals surface area contributed by atoms with Crippen LogP contribution in [-0.2, 0) is 24.1 Å². The third-order valence-electron chi connectivity index (χ3n) is 4.13. The highest BCUT2D eigenvalue weighted by atomic mass is 32.1. The van der Waals surface area contributed by atoms with Gasteiger partial charge in [0.25, 0.3) is 0 Å². The summed E-state index contributed by atoms with van der Waals surface area (Å²) in [5.41, 5.74) is 4.64. The van der Waals surface area contributed by atoms with Gasteiger partial charge in [-0.25, -0.2) is 9.97 Å². The van der Waals surface area contributed by atoms with Gasteiger partial charge >= 0.3 is 5.97 Å². The van der Waals surface area contributed by atoms with E-state index in [0.29, 0.717) is 12.2 Å². The first-order valence-corrected chi connectivity index (χ1v) is 9.66. The molecule has 0 atom stereocenters. The Morgan fingerprint density at radius 1 is 1.26 bits per heavy atom. The van der Waals surface area contributed by atoms with Crippen LogP contribution in [0.15, 0.2) is 53.7 Å². The molecule has 0 amide bonds. The molecule has 3 rings (SSSR count). The summed E-state index contributed by atoms with van der Waals surface area (Å²) < 4.78 is 0. The first-order chi connectivity index (χ1) is 13.1. The summed E-state index contributed by atoms with van der Waals surface area (Å²) in [7, 11) is 0. The second-order valence-corrected chi connectivity index (χ2v) is 6.85. The van der Waals surface area contributed by atoms with E-state index in [9.17, 15) is 4.79 Å². The highest BCUT2D eigenvalue weighted by Crippen LogP contribution is 2.27. The Hall–Kier alpha value is -2.99. The number of aromatic nitrogens is 2. The lowest BCUT2D eigenvalue weighted by Crippen LogP contribution is -2.07. The third-order valence-corrected chi connectivity index (χ3v) is 4.81. The topological polar surface area (TPSA) is 75.1 Å². The normalized spacial score (nSPS) is 10.6. The van der Waals surface area contributed by atoms with E-state index < -0.39 is 5.97 Å². The molecule has 0 bridgehead atoms. The maximum Gasteiger partial charge on any atom is 0.307 e. The van der Waals surface area contributed by atoms with Gasteiger partial charge in [-0.15, -0.1) is 6.58 Å². The molecule has 6 heteroatoms. The van der Waals surface area contributed by atoms with Crippen LogP contribution in [0.25, 0.3) is 11.4 Å². The van der Waals surface area contributed by atoms with Gasteiger partial charge in [0.1, 0.15) is 5.82 Å². The van der Waals surface area contributed by atoms with Crippen LogP contribution in [0.4, 0.5) is 11.5 Å². The molecule has 0 fully saturated rings. The molecule has 1 aromatic carbocycles. The zero-order chi connectivity index (χ0) is 19.2. The lowest BCUT2D eigenvalue weighted by Gasteiger charge is -2.15. The Labute approximate surface area is 162 Å². The number of allylic oxidation sites excluding steroid dienone is 1. The van der Waals surface area contributed by atoms with Gasteiger partial charge in [0.2, 0.25) is 0 Å². The molecule has 27 heavy (non-hydrogen) atoms. The van der Waals surface area contributed by atoms with Gasteiger partial charge in [0.05, 0.1) is 6.42 Å². The first-order valence-electron chi connectivity index (χ1n) is 8.71. The largest absolute Gasteiger partial charge is 0.481 e. The molecule has 0 unspecified atom stereocenters. The maximum atomic E-state index is 10.8. The SMILES string of the molecule is C=CCc1c(CC)nc(-c2ccsc2)nc1Nc1ccc(CC(=O)O)cc1. The lowest BCUT2D eigenvalue weighted by molar-refractivity contribution is -0.136. The Bertz CT molecular complexity index is 935. The summed E-state index contributed by atoms with van der Waals surface area (Å²) in [5, 5.41) is 16.3. The summed E-state index contributed by atoms with van der Waals surface area (Å²) in [6.45, 7) is 5.93. The number of rotatable bonds is 8. The highest BCUT2D eigenvalue weighted by Gasteiger charge is 2.14. The maximum absolute atomic E-state index is 10.8. The van der Waals surface area contributed by atoms with Crippen molar-refractivity contribution in [3.05, 3.63) is 70.6 Å². The van der Waals surface area contributed by atoms with E-state index in [1.54, 1.807) is 11.3 Å². The van der Waals surface area contributed by atoms with Crippen molar-refractivity contribution in [2.75, 3.05) is 5.32 Å². The average molecular weight is 379 g/mol. The monoisotopic (exact) mass is 379 g/mol. The quantitative estimate of drug-likeness (QED) is 0.546. The van der Waals surface area contributed by atoms with Crippen LogP contribution >= 0.6 is 11.3 Å². The van der Waals surface area contributed by atoms with E-state index in [-0.39, 0.29) is 6.42 Å². The highest BCUT2D eigenvalue weighted by molar-refractivity contribution is 7.08. The zero-order valence-corrected chi connectivity index (χ0v) is 15.9. The van der Waals surface area contributed by atoms with Gasteiger partial charge in [-0.05, 0) is 42.0 Å². The number of hydrogen-bond acceptors (Lipinski definition) is 5. The van der Waals surface area contributed by atoms with Crippen molar-refractivity contribution in [1.29, 1.82) is 0 Å². The molecule has 0 radical (unpaired) electrons. The molecule has 0 aliphatic rings. The second-order valence-electron chi connectivity index (χ2n) is 6.07. The molecular weight excluding hydrogens is 358 g/mol. The van der Waals surface area contributed by atoms with E-state index in [1.165, 1.54) is 0 Å². The smallest absolute Gasteiger partial charge is 0.307 e. The van der Waals surface area contributed by atoms with E-state index in [1.807, 2.05) is 47.2 Å². The molecule has 0 saturated carbocycles. The number of thiophene rings is 1. The number of nitrogens with zero attached hydrogens (tertiary/aromatic N) is 2. The minimum Gasteiger partial charge on any atom is -0.481 e. The zero-order valence-electron chi connectivity index (χ0n) is 15.1. The van der Waals surface area contributed by atoms with E-state index in [4.69, 9.17) is 15.1 Å². The van der Waals surface area contributed by atoms with Crippen LogP contribution in [0.3, 0.4) is 0 Å². The second kappa shape index (κ2) is 8.60. The van der Waals surface area contributed by atoms with Crippen molar-refractivity contribution >= 4 is 28.8 Å². The standard InChI is InChI=1S/C21H21N3O2S/c1-3-5-17-18(4-2)23-20(15-10-11-27-13-15)24-21(17)22-16-8-6-14(7-9-16)12-19(25)26/h3,6-11,13H,1,4-5,12H2,2H3,(H,25,26)(H,22,23,24). The molecule has 2 aromatic heterocycles. The van der Waals surface area contributed by atoms with Crippen LogP contribution in [-0.4, -0.2) is 21.0 Å². The number of hydrogen-bond donors (Lipinski definition) is 2. The van der Waals surface area contributed by atoms with Crippen molar-refractivity contribution < 1.29 is 9.90 Å². The molecular formula is C21H21N3O2S. The van der Waals surface area contributed by atoms with Crippen molar-refractivity contribution in [1.82, 2.24) is 9.97 Å². The summed E-state index contributed by atoms with van der Waals surface area (Å²) in [4.78, 5) is 20.3. The summed E-state index contributed by atoms with van der Waals surface area (Å²) >= 11 is 1.61. The van der Waals surface area contributed by atoms with Crippen LogP contribution in [0.2, 0.25) is 0 Å². The molecule has 0 spiro atoms. The Morgan fingerprint density at radius 2 is 2.04 bits per heavy atom. The van der Waals surface area contributed by atoms with Crippen LogP contribution in [0.1, 0.15) is 23.7 Å². The number of carboxylic acids is 1.